The summed E-state index contributed by atoms with van der Waals surface area (Å²) in [5.74, 6) is 2.36. The van der Waals surface area contributed by atoms with Crippen LogP contribution in [0.4, 0.5) is 13.2 Å². The van der Waals surface area contributed by atoms with E-state index in [1.54, 1.807) is 18.2 Å². The minimum atomic E-state index is -4.37. The van der Waals surface area contributed by atoms with Crippen molar-refractivity contribution in [3.8, 4) is 28.6 Å². The third kappa shape index (κ3) is 4.90. The van der Waals surface area contributed by atoms with Gasteiger partial charge >= 0.3 is 6.18 Å². The highest BCUT2D eigenvalue weighted by atomic mass is 32.2. The van der Waals surface area contributed by atoms with Crippen LogP contribution in [0, 0.1) is 0 Å². The molecule has 31 heavy (non-hydrogen) atoms. The van der Waals surface area contributed by atoms with E-state index in [1.165, 1.54) is 39.2 Å². The summed E-state index contributed by atoms with van der Waals surface area (Å²) in [6.07, 6.45) is -4.37. The summed E-state index contributed by atoms with van der Waals surface area (Å²) >= 11 is 1.32. The number of methoxy groups -OCH3 is 3. The van der Waals surface area contributed by atoms with Crippen LogP contribution in [-0.2, 0) is 18.5 Å². The van der Waals surface area contributed by atoms with Crippen molar-refractivity contribution in [1.82, 2.24) is 14.8 Å². The fraction of sp³-hybridized carbons (Fsp3) is 0.333. The van der Waals surface area contributed by atoms with Gasteiger partial charge in [0.1, 0.15) is 0 Å². The molecule has 1 heterocycles. The fourth-order valence-corrected chi connectivity index (χ4v) is 4.03. The Morgan fingerprint density at radius 1 is 0.968 bits per heavy atom. The highest BCUT2D eigenvalue weighted by Crippen LogP contribution is 2.41. The van der Waals surface area contributed by atoms with E-state index in [1.807, 2.05) is 11.5 Å². The Balaban J connectivity index is 1.90. The number of hydrogen-bond acceptors (Lipinski definition) is 6. The van der Waals surface area contributed by atoms with Gasteiger partial charge in [0.05, 0.1) is 26.9 Å². The number of hydrogen-bond donors (Lipinski definition) is 0. The SMILES string of the molecule is CCn1c(SCc2cccc(C(F)(F)F)c2)nnc1-c1cc(OC)c(OC)c(OC)c1. The maximum atomic E-state index is 13.0. The first kappa shape index (κ1) is 22.8. The number of aromatic nitrogens is 3. The van der Waals surface area contributed by atoms with Gasteiger partial charge in [0.15, 0.2) is 22.5 Å². The van der Waals surface area contributed by atoms with Crippen molar-refractivity contribution in [3.05, 3.63) is 47.5 Å². The van der Waals surface area contributed by atoms with Crippen molar-refractivity contribution in [3.63, 3.8) is 0 Å². The van der Waals surface area contributed by atoms with Crippen LogP contribution in [0.15, 0.2) is 41.6 Å². The molecule has 0 aliphatic heterocycles. The van der Waals surface area contributed by atoms with Crippen molar-refractivity contribution in [2.45, 2.75) is 30.6 Å². The lowest BCUT2D eigenvalue weighted by Crippen LogP contribution is -2.05. The van der Waals surface area contributed by atoms with Crippen molar-refractivity contribution < 1.29 is 27.4 Å². The van der Waals surface area contributed by atoms with Crippen LogP contribution in [0.25, 0.3) is 11.4 Å². The van der Waals surface area contributed by atoms with Crippen LogP contribution in [0.3, 0.4) is 0 Å². The summed E-state index contributed by atoms with van der Waals surface area (Å²) in [6, 6.07) is 8.84. The molecule has 0 fully saturated rings. The van der Waals surface area contributed by atoms with Gasteiger partial charge in [-0.1, -0.05) is 30.0 Å². The van der Waals surface area contributed by atoms with Gasteiger partial charge in [-0.3, -0.25) is 0 Å². The van der Waals surface area contributed by atoms with E-state index in [2.05, 4.69) is 10.2 Å². The Morgan fingerprint density at radius 3 is 2.19 bits per heavy atom. The Bertz CT molecular complexity index is 1030. The Hall–Kier alpha value is -2.88. The summed E-state index contributed by atoms with van der Waals surface area (Å²) in [5, 5.41) is 9.14. The third-order valence-electron chi connectivity index (χ3n) is 4.58. The second-order valence-corrected chi connectivity index (χ2v) is 7.39. The van der Waals surface area contributed by atoms with E-state index in [0.29, 0.717) is 46.1 Å². The molecule has 0 N–H and O–H groups in total. The van der Waals surface area contributed by atoms with Gasteiger partial charge < -0.3 is 18.8 Å². The first-order chi connectivity index (χ1) is 14.8. The molecule has 2 aromatic carbocycles. The zero-order valence-electron chi connectivity index (χ0n) is 17.5. The molecule has 6 nitrogen and oxygen atoms in total. The van der Waals surface area contributed by atoms with E-state index in [-0.39, 0.29) is 0 Å². The molecule has 0 amide bonds. The highest BCUT2D eigenvalue weighted by Gasteiger charge is 2.30. The lowest BCUT2D eigenvalue weighted by molar-refractivity contribution is -0.137. The second-order valence-electron chi connectivity index (χ2n) is 6.45. The molecule has 0 aliphatic rings. The van der Waals surface area contributed by atoms with Gasteiger partial charge in [0, 0.05) is 17.9 Å². The maximum absolute atomic E-state index is 13.0. The number of nitrogens with zero attached hydrogens (tertiary/aromatic N) is 3. The first-order valence-corrected chi connectivity index (χ1v) is 10.3. The van der Waals surface area contributed by atoms with Crippen LogP contribution in [0.2, 0.25) is 0 Å². The number of ether oxygens (including phenoxy) is 3. The van der Waals surface area contributed by atoms with Crippen LogP contribution < -0.4 is 14.2 Å². The number of rotatable bonds is 8. The van der Waals surface area contributed by atoms with Gasteiger partial charge in [-0.25, -0.2) is 0 Å². The predicted octanol–water partition coefficient (Wildman–Crippen LogP) is 5.30. The number of benzene rings is 2. The summed E-state index contributed by atoms with van der Waals surface area (Å²) in [5.41, 5.74) is 0.607. The van der Waals surface area contributed by atoms with E-state index >= 15 is 0 Å². The van der Waals surface area contributed by atoms with Crippen LogP contribution in [0.5, 0.6) is 17.2 Å². The van der Waals surface area contributed by atoms with Crippen molar-refractivity contribution in [2.24, 2.45) is 0 Å². The molecule has 10 heteroatoms. The molecule has 0 atom stereocenters. The fourth-order valence-electron chi connectivity index (χ4n) is 3.09. The molecule has 3 rings (SSSR count). The number of thioether (sulfide) groups is 1. The molecule has 0 bridgehead atoms. The topological polar surface area (TPSA) is 58.4 Å². The second kappa shape index (κ2) is 9.51. The van der Waals surface area contributed by atoms with Crippen LogP contribution >= 0.6 is 11.8 Å². The highest BCUT2D eigenvalue weighted by molar-refractivity contribution is 7.98. The molecular formula is C21H22F3N3O3S. The summed E-state index contributed by atoms with van der Waals surface area (Å²) in [6.45, 7) is 2.52. The molecule has 3 aromatic rings. The van der Waals surface area contributed by atoms with Gasteiger partial charge in [0.2, 0.25) is 5.75 Å². The normalized spacial score (nSPS) is 11.5. The lowest BCUT2D eigenvalue weighted by atomic mass is 10.1. The molecular weight excluding hydrogens is 431 g/mol. The van der Waals surface area contributed by atoms with Gasteiger partial charge in [-0.05, 0) is 30.7 Å². The monoisotopic (exact) mass is 453 g/mol. The molecule has 0 radical (unpaired) electrons. The molecule has 0 spiro atoms. The van der Waals surface area contributed by atoms with Crippen LogP contribution in [0.1, 0.15) is 18.1 Å². The van der Waals surface area contributed by atoms with Crippen molar-refractivity contribution in [1.29, 1.82) is 0 Å². The van der Waals surface area contributed by atoms with Gasteiger partial charge in [-0.15, -0.1) is 10.2 Å². The van der Waals surface area contributed by atoms with Crippen molar-refractivity contribution in [2.75, 3.05) is 21.3 Å². The Labute approximate surface area is 182 Å². The minimum Gasteiger partial charge on any atom is -0.493 e. The van der Waals surface area contributed by atoms with Gasteiger partial charge in [-0.2, -0.15) is 13.2 Å². The molecule has 0 saturated carbocycles. The van der Waals surface area contributed by atoms with E-state index in [4.69, 9.17) is 14.2 Å². The predicted molar refractivity (Wildman–Crippen MR) is 112 cm³/mol. The number of alkyl halides is 3. The molecule has 0 saturated heterocycles. The molecule has 1 aromatic heterocycles. The smallest absolute Gasteiger partial charge is 0.416 e. The van der Waals surface area contributed by atoms with Crippen LogP contribution in [-0.4, -0.2) is 36.1 Å². The molecule has 0 aliphatic carbocycles. The average molecular weight is 453 g/mol. The average Bonchev–Trinajstić information content (AvgIpc) is 3.19. The van der Waals surface area contributed by atoms with Gasteiger partial charge in [0.25, 0.3) is 0 Å². The van der Waals surface area contributed by atoms with E-state index in [9.17, 15) is 13.2 Å². The van der Waals surface area contributed by atoms with Crippen molar-refractivity contribution >= 4 is 11.8 Å². The zero-order valence-corrected chi connectivity index (χ0v) is 18.3. The largest absolute Gasteiger partial charge is 0.493 e. The Kier molecular flexibility index (Phi) is 6.99. The standard InChI is InChI=1S/C21H22F3N3O3S/c1-5-27-19(14-10-16(28-2)18(30-4)17(11-14)29-3)25-26-20(27)31-12-13-7-6-8-15(9-13)21(22,23)24/h6-11H,5,12H2,1-4H3. The minimum absolute atomic E-state index is 0.331. The third-order valence-corrected chi connectivity index (χ3v) is 5.62. The Morgan fingerprint density at radius 2 is 1.65 bits per heavy atom. The first-order valence-electron chi connectivity index (χ1n) is 9.34. The molecule has 0 unspecified atom stereocenters. The van der Waals surface area contributed by atoms with E-state index in [0.717, 1.165) is 17.7 Å². The zero-order chi connectivity index (χ0) is 22.6. The summed E-state index contributed by atoms with van der Waals surface area (Å²) < 4.78 is 56.9. The summed E-state index contributed by atoms with van der Waals surface area (Å²) in [7, 11) is 4.58. The summed E-state index contributed by atoms with van der Waals surface area (Å²) in [4.78, 5) is 0. The lowest BCUT2D eigenvalue weighted by Gasteiger charge is -2.14. The van der Waals surface area contributed by atoms with E-state index < -0.39 is 11.7 Å². The molecule has 166 valence electrons. The number of halogens is 3. The maximum Gasteiger partial charge on any atom is 0.416 e. The quantitative estimate of drug-likeness (QED) is 0.432.